The lowest BCUT2D eigenvalue weighted by molar-refractivity contribution is 0.494. The van der Waals surface area contributed by atoms with E-state index in [0.29, 0.717) is 0 Å². The molecule has 3 heteroatoms. The van der Waals surface area contributed by atoms with Crippen LogP contribution in [0.25, 0.3) is 81.7 Å². The number of nitrogens with zero attached hydrogens (tertiary/aromatic N) is 2. The molecule has 8 aromatic carbocycles. The lowest BCUT2D eigenvalue weighted by Gasteiger charge is -2.19. The molecular formula is C45H28N2O. The summed E-state index contributed by atoms with van der Waals surface area (Å²) < 4.78 is 9.32. The molecule has 0 aliphatic rings. The average Bonchev–Trinajstić information content (AvgIpc) is 3.49. The molecule has 0 N–H and O–H groups in total. The number of hydrogen-bond donors (Lipinski definition) is 0. The van der Waals surface area contributed by atoms with E-state index in [4.69, 9.17) is 4.74 Å². The Morgan fingerprint density at radius 3 is 1.94 bits per heavy atom. The minimum Gasteiger partial charge on any atom is -0.456 e. The zero-order chi connectivity index (χ0) is 31.6. The standard InChI is InChI=1S/C45H28N2O/c1-2-13-30(14-3-1)47-42-21-11-10-18-35(42)39-27-31(22-23-43(39)47)48-45-37-20-9-8-19-36(37)44(41-28-46-25-24-38(41)45)40-26-29-12-4-5-15-32(29)33-16-6-7-17-34(33)40/h1-28H. The number of ether oxygens (including phenoxy) is 1. The number of fused-ring (bicyclic) bond motifs is 8. The number of benzene rings is 8. The molecule has 0 unspecified atom stereocenters. The van der Waals surface area contributed by atoms with Gasteiger partial charge < -0.3 is 9.30 Å². The van der Waals surface area contributed by atoms with E-state index in [1.165, 1.54) is 43.6 Å². The maximum atomic E-state index is 6.99. The summed E-state index contributed by atoms with van der Waals surface area (Å²) >= 11 is 0. The quantitative estimate of drug-likeness (QED) is 0.146. The van der Waals surface area contributed by atoms with Crippen molar-refractivity contribution in [2.75, 3.05) is 0 Å². The van der Waals surface area contributed by atoms with Crippen molar-refractivity contribution in [2.45, 2.75) is 0 Å². The monoisotopic (exact) mass is 612 g/mol. The van der Waals surface area contributed by atoms with E-state index < -0.39 is 0 Å². The second kappa shape index (κ2) is 10.5. The minimum atomic E-state index is 0.797. The summed E-state index contributed by atoms with van der Waals surface area (Å²) in [5.74, 6) is 1.63. The van der Waals surface area contributed by atoms with Crippen molar-refractivity contribution < 1.29 is 4.74 Å². The summed E-state index contributed by atoms with van der Waals surface area (Å²) in [5.41, 5.74) is 5.82. The van der Waals surface area contributed by atoms with Crippen molar-refractivity contribution in [1.82, 2.24) is 9.55 Å². The smallest absolute Gasteiger partial charge is 0.143 e. The highest BCUT2D eigenvalue weighted by molar-refractivity contribution is 6.23. The molecule has 48 heavy (non-hydrogen) atoms. The van der Waals surface area contributed by atoms with Crippen LogP contribution in [0.3, 0.4) is 0 Å². The van der Waals surface area contributed by atoms with E-state index in [-0.39, 0.29) is 0 Å². The lowest BCUT2D eigenvalue weighted by Crippen LogP contribution is -1.94. The number of para-hydroxylation sites is 2. The Balaban J connectivity index is 1.22. The fraction of sp³-hybridized carbons (Fsp3) is 0. The first-order chi connectivity index (χ1) is 23.8. The number of rotatable bonds is 4. The molecule has 0 bridgehead atoms. The van der Waals surface area contributed by atoms with Crippen LogP contribution in [0.15, 0.2) is 170 Å². The molecule has 3 nitrogen and oxygen atoms in total. The number of aromatic nitrogens is 2. The highest BCUT2D eigenvalue weighted by atomic mass is 16.5. The fourth-order valence-corrected chi connectivity index (χ4v) is 7.63. The largest absolute Gasteiger partial charge is 0.456 e. The minimum absolute atomic E-state index is 0.797. The first-order valence-electron chi connectivity index (χ1n) is 16.3. The van der Waals surface area contributed by atoms with Crippen LogP contribution in [0.2, 0.25) is 0 Å². The van der Waals surface area contributed by atoms with Gasteiger partial charge in [-0.3, -0.25) is 4.98 Å². The van der Waals surface area contributed by atoms with Gasteiger partial charge in [0.05, 0.1) is 11.0 Å². The van der Waals surface area contributed by atoms with E-state index >= 15 is 0 Å². The molecular weight excluding hydrogens is 585 g/mol. The Morgan fingerprint density at radius 2 is 1.08 bits per heavy atom. The summed E-state index contributed by atoms with van der Waals surface area (Å²) in [5, 5.41) is 11.6. The van der Waals surface area contributed by atoms with Crippen LogP contribution in [0.4, 0.5) is 0 Å². The summed E-state index contributed by atoms with van der Waals surface area (Å²) in [6, 6.07) is 56.0. The maximum Gasteiger partial charge on any atom is 0.143 e. The van der Waals surface area contributed by atoms with Crippen molar-refractivity contribution in [3.8, 4) is 28.3 Å². The molecule has 0 atom stereocenters. The van der Waals surface area contributed by atoms with Crippen LogP contribution >= 0.6 is 0 Å². The third-order valence-electron chi connectivity index (χ3n) is 9.69. The van der Waals surface area contributed by atoms with Gasteiger partial charge in [-0.1, -0.05) is 109 Å². The van der Waals surface area contributed by atoms with Crippen LogP contribution in [-0.4, -0.2) is 9.55 Å². The van der Waals surface area contributed by atoms with Gasteiger partial charge in [0, 0.05) is 45.0 Å². The predicted octanol–water partition coefficient (Wildman–Crippen LogP) is 12.3. The topological polar surface area (TPSA) is 27.1 Å². The summed E-state index contributed by atoms with van der Waals surface area (Å²) in [6.07, 6.45) is 3.85. The third kappa shape index (κ3) is 3.98. The number of pyridine rings is 1. The predicted molar refractivity (Wildman–Crippen MR) is 201 cm³/mol. The molecule has 0 saturated carbocycles. The SMILES string of the molecule is c1ccc(-n2c3ccccc3c3cc(Oc4c5ccccc5c(-c5cc6ccccc6c6ccccc56)c5cnccc45)ccc32)cc1. The zero-order valence-corrected chi connectivity index (χ0v) is 26.0. The average molecular weight is 613 g/mol. The van der Waals surface area contributed by atoms with Crippen molar-refractivity contribution >= 4 is 64.9 Å². The second-order valence-corrected chi connectivity index (χ2v) is 12.3. The molecule has 224 valence electrons. The normalized spacial score (nSPS) is 11.8. The van der Waals surface area contributed by atoms with Gasteiger partial charge in [-0.25, -0.2) is 0 Å². The Labute approximate surface area is 276 Å². The maximum absolute atomic E-state index is 6.99. The molecule has 10 aromatic rings. The lowest BCUT2D eigenvalue weighted by atomic mass is 9.87. The van der Waals surface area contributed by atoms with E-state index in [9.17, 15) is 0 Å². The number of hydrogen-bond acceptors (Lipinski definition) is 2. The molecule has 2 aromatic heterocycles. The van der Waals surface area contributed by atoms with Gasteiger partial charge in [-0.05, 0) is 86.6 Å². The molecule has 0 aliphatic carbocycles. The van der Waals surface area contributed by atoms with Crippen LogP contribution in [0.5, 0.6) is 11.5 Å². The van der Waals surface area contributed by atoms with Gasteiger partial charge in [-0.2, -0.15) is 0 Å². The van der Waals surface area contributed by atoms with Gasteiger partial charge in [0.25, 0.3) is 0 Å². The zero-order valence-electron chi connectivity index (χ0n) is 26.0. The third-order valence-corrected chi connectivity index (χ3v) is 9.69. The van der Waals surface area contributed by atoms with Crippen molar-refractivity contribution in [1.29, 1.82) is 0 Å². The molecule has 0 amide bonds. The molecule has 0 spiro atoms. The Morgan fingerprint density at radius 1 is 0.438 bits per heavy atom. The Kier molecular flexibility index (Phi) is 5.87. The van der Waals surface area contributed by atoms with Crippen LogP contribution in [0.1, 0.15) is 0 Å². The highest BCUT2D eigenvalue weighted by Crippen LogP contribution is 2.47. The first-order valence-corrected chi connectivity index (χ1v) is 16.3. The van der Waals surface area contributed by atoms with E-state index in [2.05, 4.69) is 167 Å². The van der Waals surface area contributed by atoms with Crippen LogP contribution < -0.4 is 4.74 Å². The molecule has 2 heterocycles. The van der Waals surface area contributed by atoms with Gasteiger partial charge in [0.1, 0.15) is 11.5 Å². The van der Waals surface area contributed by atoms with Gasteiger partial charge in [0.2, 0.25) is 0 Å². The van der Waals surface area contributed by atoms with Gasteiger partial charge >= 0.3 is 0 Å². The van der Waals surface area contributed by atoms with Crippen molar-refractivity contribution in [2.24, 2.45) is 0 Å². The second-order valence-electron chi connectivity index (χ2n) is 12.3. The van der Waals surface area contributed by atoms with Crippen LogP contribution in [0, 0.1) is 0 Å². The van der Waals surface area contributed by atoms with Crippen molar-refractivity contribution in [3.05, 3.63) is 170 Å². The van der Waals surface area contributed by atoms with Crippen LogP contribution in [-0.2, 0) is 0 Å². The highest BCUT2D eigenvalue weighted by Gasteiger charge is 2.20. The summed E-state index contributed by atoms with van der Waals surface area (Å²) in [4.78, 5) is 4.64. The Hall–Kier alpha value is -6.45. The molecule has 0 saturated heterocycles. The summed E-state index contributed by atoms with van der Waals surface area (Å²) in [7, 11) is 0. The first kappa shape index (κ1) is 26.7. The van der Waals surface area contributed by atoms with Gasteiger partial charge in [-0.15, -0.1) is 0 Å². The molecule has 0 fully saturated rings. The van der Waals surface area contributed by atoms with E-state index in [0.717, 1.165) is 49.6 Å². The van der Waals surface area contributed by atoms with E-state index in [1.54, 1.807) is 0 Å². The molecule has 0 radical (unpaired) electrons. The Bertz CT molecular complexity index is 2810. The molecule has 10 rings (SSSR count). The van der Waals surface area contributed by atoms with Gasteiger partial charge in [0.15, 0.2) is 0 Å². The van der Waals surface area contributed by atoms with E-state index in [1.807, 2.05) is 12.4 Å². The summed E-state index contributed by atoms with van der Waals surface area (Å²) in [6.45, 7) is 0. The fourth-order valence-electron chi connectivity index (χ4n) is 7.63. The van der Waals surface area contributed by atoms with Crippen molar-refractivity contribution in [3.63, 3.8) is 0 Å². The molecule has 0 aliphatic heterocycles.